The number of sulfonamides is 1. The molecule has 2 aliphatic rings. The van der Waals surface area contributed by atoms with Gasteiger partial charge in [0.05, 0.1) is 31.3 Å². The summed E-state index contributed by atoms with van der Waals surface area (Å²) >= 11 is 0. The molecule has 3 aromatic rings. The summed E-state index contributed by atoms with van der Waals surface area (Å²) in [5.41, 5.74) is 1.76. The molecule has 1 aromatic heterocycles. The number of nitrogens with zero attached hydrogens (tertiary/aromatic N) is 2. The summed E-state index contributed by atoms with van der Waals surface area (Å²) in [5.74, 6) is 1.81. The molecule has 2 aliphatic heterocycles. The number of aromatic nitrogens is 1. The van der Waals surface area contributed by atoms with Crippen LogP contribution in [-0.2, 0) is 10.0 Å². The van der Waals surface area contributed by atoms with Crippen molar-refractivity contribution in [2.75, 3.05) is 26.9 Å². The molecular formula is C25H26N2O5S. The van der Waals surface area contributed by atoms with E-state index in [2.05, 4.69) is 4.98 Å². The largest absolute Gasteiger partial charge is 0.497 e. The number of hydrogen-bond acceptors (Lipinski definition) is 6. The molecule has 33 heavy (non-hydrogen) atoms. The monoisotopic (exact) mass is 466 g/mol. The fraction of sp³-hybridized carbons (Fsp3) is 0.320. The highest BCUT2D eigenvalue weighted by atomic mass is 32.2. The van der Waals surface area contributed by atoms with Crippen molar-refractivity contribution < 1.29 is 22.6 Å². The minimum atomic E-state index is -3.75. The van der Waals surface area contributed by atoms with Gasteiger partial charge in [0.1, 0.15) is 11.5 Å². The first-order valence-corrected chi connectivity index (χ1v) is 12.4. The Kier molecular flexibility index (Phi) is 5.72. The third-order valence-corrected chi connectivity index (χ3v) is 8.24. The highest BCUT2D eigenvalue weighted by Gasteiger charge is 2.51. The van der Waals surface area contributed by atoms with Crippen LogP contribution in [0.1, 0.15) is 17.3 Å². The van der Waals surface area contributed by atoms with Crippen LogP contribution in [0.4, 0.5) is 0 Å². The standard InChI is InChI=1S/C25H26N2O5S/c1-17-6-5-9-24(26-17)32-15-18-14-27(33(28,29)20-12-10-19(30-2)11-13-20)25-21-7-3-4-8-23(21)31-16-22(18)25/h3-13,18,22,25H,14-16H2,1-2H3/t18-,22-,25-/m0/s1. The maximum Gasteiger partial charge on any atom is 0.243 e. The van der Waals surface area contributed by atoms with Gasteiger partial charge in [0.2, 0.25) is 15.9 Å². The fourth-order valence-corrected chi connectivity index (χ4v) is 6.41. The Labute approximate surface area is 194 Å². The molecule has 0 radical (unpaired) electrons. The Balaban J connectivity index is 1.48. The van der Waals surface area contributed by atoms with Crippen molar-refractivity contribution in [3.8, 4) is 17.4 Å². The number of benzene rings is 2. The summed E-state index contributed by atoms with van der Waals surface area (Å²) in [7, 11) is -2.19. The summed E-state index contributed by atoms with van der Waals surface area (Å²) in [6.45, 7) is 3.05. The Morgan fingerprint density at radius 1 is 1.06 bits per heavy atom. The number of aryl methyl sites for hydroxylation is 1. The van der Waals surface area contributed by atoms with E-state index in [0.717, 1.165) is 17.0 Å². The van der Waals surface area contributed by atoms with Crippen molar-refractivity contribution in [3.05, 3.63) is 78.0 Å². The second kappa shape index (κ2) is 8.68. The van der Waals surface area contributed by atoms with Gasteiger partial charge in [0, 0.05) is 35.7 Å². The van der Waals surface area contributed by atoms with Crippen LogP contribution in [0.3, 0.4) is 0 Å². The summed E-state index contributed by atoms with van der Waals surface area (Å²) in [5, 5.41) is 0. The topological polar surface area (TPSA) is 78.0 Å². The molecule has 1 fully saturated rings. The van der Waals surface area contributed by atoms with Gasteiger partial charge in [-0.05, 0) is 43.3 Å². The van der Waals surface area contributed by atoms with Crippen LogP contribution >= 0.6 is 0 Å². The number of rotatable bonds is 6. The van der Waals surface area contributed by atoms with E-state index in [1.165, 1.54) is 0 Å². The normalized spacial score (nSPS) is 22.2. The Hall–Kier alpha value is -3.10. The molecule has 8 heteroatoms. The van der Waals surface area contributed by atoms with Crippen molar-refractivity contribution in [1.29, 1.82) is 0 Å². The maximum atomic E-state index is 13.8. The summed E-state index contributed by atoms with van der Waals surface area (Å²) in [6.07, 6.45) is 0. The quantitative estimate of drug-likeness (QED) is 0.549. The van der Waals surface area contributed by atoms with Gasteiger partial charge in [-0.3, -0.25) is 0 Å². The van der Waals surface area contributed by atoms with E-state index in [4.69, 9.17) is 14.2 Å². The van der Waals surface area contributed by atoms with Crippen LogP contribution in [0.2, 0.25) is 0 Å². The van der Waals surface area contributed by atoms with Gasteiger partial charge in [-0.25, -0.2) is 13.4 Å². The molecule has 3 atom stereocenters. The lowest BCUT2D eigenvalue weighted by molar-refractivity contribution is 0.134. The van der Waals surface area contributed by atoms with Crippen LogP contribution in [0.15, 0.2) is 71.6 Å². The predicted molar refractivity (Wildman–Crippen MR) is 123 cm³/mol. The number of hydrogen-bond donors (Lipinski definition) is 0. The highest BCUT2D eigenvalue weighted by Crippen LogP contribution is 2.49. The average Bonchev–Trinajstić information content (AvgIpc) is 3.23. The number of para-hydroxylation sites is 1. The zero-order valence-corrected chi connectivity index (χ0v) is 19.4. The minimum Gasteiger partial charge on any atom is -0.497 e. The molecule has 1 saturated heterocycles. The van der Waals surface area contributed by atoms with Gasteiger partial charge in [0.25, 0.3) is 0 Å². The second-order valence-electron chi connectivity index (χ2n) is 8.40. The first-order valence-electron chi connectivity index (χ1n) is 10.9. The molecule has 172 valence electrons. The lowest BCUT2D eigenvalue weighted by Gasteiger charge is -2.34. The summed E-state index contributed by atoms with van der Waals surface area (Å²) in [4.78, 5) is 4.65. The molecule has 0 unspecified atom stereocenters. The number of methoxy groups -OCH3 is 1. The molecule has 7 nitrogen and oxygen atoms in total. The van der Waals surface area contributed by atoms with Gasteiger partial charge >= 0.3 is 0 Å². The van der Waals surface area contributed by atoms with E-state index >= 15 is 0 Å². The van der Waals surface area contributed by atoms with E-state index in [1.54, 1.807) is 35.7 Å². The first kappa shape index (κ1) is 21.7. The van der Waals surface area contributed by atoms with Crippen molar-refractivity contribution in [3.63, 3.8) is 0 Å². The number of pyridine rings is 1. The summed E-state index contributed by atoms with van der Waals surface area (Å²) < 4.78 is 46.3. The van der Waals surface area contributed by atoms with E-state index in [0.29, 0.717) is 31.4 Å². The zero-order chi connectivity index (χ0) is 23.0. The van der Waals surface area contributed by atoms with Crippen LogP contribution in [0.25, 0.3) is 0 Å². The first-order chi connectivity index (χ1) is 16.0. The smallest absolute Gasteiger partial charge is 0.243 e. The molecule has 5 rings (SSSR count). The molecule has 2 aromatic carbocycles. The molecule has 0 saturated carbocycles. The third kappa shape index (κ3) is 4.05. The number of fused-ring (bicyclic) bond motifs is 3. The minimum absolute atomic E-state index is 0.0299. The lowest BCUT2D eigenvalue weighted by atomic mass is 9.86. The Bertz CT molecular complexity index is 1250. The fourth-order valence-electron chi connectivity index (χ4n) is 4.70. The van der Waals surface area contributed by atoms with Crippen LogP contribution in [0.5, 0.6) is 17.4 Å². The van der Waals surface area contributed by atoms with Gasteiger partial charge in [-0.15, -0.1) is 0 Å². The number of ether oxygens (including phenoxy) is 3. The Morgan fingerprint density at radius 2 is 1.85 bits per heavy atom. The van der Waals surface area contributed by atoms with Crippen molar-refractivity contribution in [1.82, 2.24) is 9.29 Å². The van der Waals surface area contributed by atoms with E-state index in [9.17, 15) is 8.42 Å². The van der Waals surface area contributed by atoms with E-state index in [-0.39, 0.29) is 22.8 Å². The van der Waals surface area contributed by atoms with Gasteiger partial charge in [-0.2, -0.15) is 4.31 Å². The SMILES string of the molecule is COc1ccc(S(=O)(=O)N2C[C@@H](COc3cccc(C)n3)[C@@H]3COc4ccccc4[C@@H]32)cc1. The molecule has 0 aliphatic carbocycles. The third-order valence-electron chi connectivity index (χ3n) is 6.38. The Morgan fingerprint density at radius 3 is 2.61 bits per heavy atom. The van der Waals surface area contributed by atoms with Crippen molar-refractivity contribution >= 4 is 10.0 Å². The molecule has 0 bridgehead atoms. The highest BCUT2D eigenvalue weighted by molar-refractivity contribution is 7.89. The van der Waals surface area contributed by atoms with E-state index < -0.39 is 10.0 Å². The van der Waals surface area contributed by atoms with Gasteiger partial charge < -0.3 is 14.2 Å². The molecular weight excluding hydrogens is 440 g/mol. The molecule has 0 spiro atoms. The maximum absolute atomic E-state index is 13.8. The van der Waals surface area contributed by atoms with Crippen LogP contribution < -0.4 is 14.2 Å². The van der Waals surface area contributed by atoms with Crippen molar-refractivity contribution in [2.24, 2.45) is 11.8 Å². The van der Waals surface area contributed by atoms with Crippen LogP contribution in [-0.4, -0.2) is 44.6 Å². The van der Waals surface area contributed by atoms with Crippen molar-refractivity contribution in [2.45, 2.75) is 17.9 Å². The molecule has 0 N–H and O–H groups in total. The zero-order valence-electron chi connectivity index (χ0n) is 18.5. The van der Waals surface area contributed by atoms with Crippen LogP contribution in [0, 0.1) is 18.8 Å². The predicted octanol–water partition coefficient (Wildman–Crippen LogP) is 3.85. The van der Waals surface area contributed by atoms with Gasteiger partial charge in [-0.1, -0.05) is 24.3 Å². The molecule has 3 heterocycles. The second-order valence-corrected chi connectivity index (χ2v) is 10.3. The lowest BCUT2D eigenvalue weighted by Crippen LogP contribution is -2.35. The molecule has 0 amide bonds. The average molecular weight is 467 g/mol. The summed E-state index contributed by atoms with van der Waals surface area (Å²) in [6, 6.07) is 19.5. The van der Waals surface area contributed by atoms with E-state index in [1.807, 2.05) is 49.4 Å². The van der Waals surface area contributed by atoms with Gasteiger partial charge in [0.15, 0.2) is 0 Å².